The Morgan fingerprint density at radius 1 is 1.21 bits per heavy atom. The summed E-state index contributed by atoms with van der Waals surface area (Å²) in [6.45, 7) is 5.67. The van der Waals surface area contributed by atoms with E-state index in [1.807, 2.05) is 13.0 Å². The zero-order valence-corrected chi connectivity index (χ0v) is 18.6. The predicted molar refractivity (Wildman–Crippen MR) is 115 cm³/mol. The lowest BCUT2D eigenvalue weighted by Gasteiger charge is -2.22. The molecule has 0 spiro atoms. The lowest BCUT2D eigenvalue weighted by Crippen LogP contribution is -2.40. The number of benzene rings is 1. The Balaban J connectivity index is 1.94. The lowest BCUT2D eigenvalue weighted by atomic mass is 9.98. The summed E-state index contributed by atoms with van der Waals surface area (Å²) < 4.78 is 38.4. The Hall–Kier alpha value is -2.00. The first-order valence-electron chi connectivity index (χ1n) is 9.88. The van der Waals surface area contributed by atoms with Gasteiger partial charge in [0.1, 0.15) is 21.3 Å². The number of rotatable bonds is 10. The molecule has 1 atom stereocenters. The molecular weight excluding hydrogens is 394 g/mol. The number of ether oxygens (including phenoxy) is 3. The van der Waals surface area contributed by atoms with Crippen LogP contribution in [0.5, 0.6) is 11.5 Å². The Morgan fingerprint density at radius 2 is 1.90 bits per heavy atom. The smallest absolute Gasteiger partial charge is 0.194 e. The molecule has 0 saturated carbocycles. The molecule has 1 heterocycles. The maximum absolute atomic E-state index is 11.1. The molecular formula is C20H33N3O5S. The van der Waals surface area contributed by atoms with Crippen molar-refractivity contribution in [3.8, 4) is 11.5 Å². The molecule has 9 heteroatoms. The minimum Gasteiger partial charge on any atom is -0.497 e. The molecule has 2 rings (SSSR count). The first kappa shape index (κ1) is 23.3. The maximum atomic E-state index is 11.1. The van der Waals surface area contributed by atoms with Crippen molar-refractivity contribution in [1.29, 1.82) is 0 Å². The van der Waals surface area contributed by atoms with E-state index in [1.165, 1.54) is 11.8 Å². The van der Waals surface area contributed by atoms with Gasteiger partial charge in [0, 0.05) is 37.9 Å². The SMILES string of the molecule is CCNC(=NCCOCCS(C)(=O)=O)N1CCC(c2cc(OC)cc(OC)c2)C1. The molecule has 29 heavy (non-hydrogen) atoms. The van der Waals surface area contributed by atoms with Crippen LogP contribution in [0.25, 0.3) is 0 Å². The molecule has 0 bridgehead atoms. The molecule has 1 unspecified atom stereocenters. The molecule has 0 amide bonds. The standard InChI is InChI=1S/C20H33N3O5S/c1-5-21-20(22-7-9-28-10-11-29(4,24)25)23-8-6-16(15-23)17-12-18(26-2)14-19(13-17)27-3/h12-14,16H,5-11,15H2,1-4H3,(H,21,22). The van der Waals surface area contributed by atoms with Crippen molar-refractivity contribution in [2.75, 3.05) is 65.6 Å². The van der Waals surface area contributed by atoms with Crippen molar-refractivity contribution in [3.63, 3.8) is 0 Å². The number of nitrogens with one attached hydrogen (secondary N) is 1. The average molecular weight is 428 g/mol. The van der Waals surface area contributed by atoms with E-state index in [1.54, 1.807) is 14.2 Å². The van der Waals surface area contributed by atoms with Crippen LogP contribution in [-0.2, 0) is 14.6 Å². The molecule has 8 nitrogen and oxygen atoms in total. The Labute approximate surface area is 174 Å². The fourth-order valence-electron chi connectivity index (χ4n) is 3.24. The number of likely N-dealkylation sites (tertiary alicyclic amines) is 1. The van der Waals surface area contributed by atoms with Crippen LogP contribution in [0.15, 0.2) is 23.2 Å². The summed E-state index contributed by atoms with van der Waals surface area (Å²) in [6.07, 6.45) is 2.23. The monoisotopic (exact) mass is 427 g/mol. The second kappa shape index (κ2) is 11.3. The number of hydrogen-bond acceptors (Lipinski definition) is 6. The summed E-state index contributed by atoms with van der Waals surface area (Å²) >= 11 is 0. The number of nitrogens with zero attached hydrogens (tertiary/aromatic N) is 2. The Kier molecular flexibility index (Phi) is 9.03. The third kappa shape index (κ3) is 7.74. The minimum atomic E-state index is -2.99. The molecule has 164 valence electrons. The van der Waals surface area contributed by atoms with Crippen LogP contribution in [0, 0.1) is 0 Å². The van der Waals surface area contributed by atoms with Crippen molar-refractivity contribution >= 4 is 15.8 Å². The molecule has 1 aromatic rings. The Morgan fingerprint density at radius 3 is 2.48 bits per heavy atom. The fourth-order valence-corrected chi connectivity index (χ4v) is 3.66. The summed E-state index contributed by atoms with van der Waals surface area (Å²) in [4.78, 5) is 6.88. The molecule has 1 aliphatic heterocycles. The highest BCUT2D eigenvalue weighted by Crippen LogP contribution is 2.32. The van der Waals surface area contributed by atoms with Crippen molar-refractivity contribution in [2.45, 2.75) is 19.3 Å². The van der Waals surface area contributed by atoms with Gasteiger partial charge in [0.25, 0.3) is 0 Å². The van der Waals surface area contributed by atoms with Crippen LogP contribution in [0.2, 0.25) is 0 Å². The fraction of sp³-hybridized carbons (Fsp3) is 0.650. The number of guanidine groups is 1. The quantitative estimate of drug-likeness (QED) is 0.344. The third-order valence-electron chi connectivity index (χ3n) is 4.76. The van der Waals surface area contributed by atoms with Crippen molar-refractivity contribution < 1.29 is 22.6 Å². The average Bonchev–Trinajstić information content (AvgIpc) is 3.18. The van der Waals surface area contributed by atoms with Crippen LogP contribution in [-0.4, -0.2) is 84.9 Å². The van der Waals surface area contributed by atoms with E-state index < -0.39 is 9.84 Å². The van der Waals surface area contributed by atoms with Gasteiger partial charge in [-0.1, -0.05) is 0 Å². The van der Waals surface area contributed by atoms with Gasteiger partial charge in [-0.3, -0.25) is 4.99 Å². The van der Waals surface area contributed by atoms with Gasteiger partial charge < -0.3 is 24.4 Å². The van der Waals surface area contributed by atoms with Crippen molar-refractivity contribution in [3.05, 3.63) is 23.8 Å². The van der Waals surface area contributed by atoms with Gasteiger partial charge in [0.15, 0.2) is 5.96 Å². The van der Waals surface area contributed by atoms with E-state index in [-0.39, 0.29) is 12.4 Å². The zero-order chi connectivity index (χ0) is 21.3. The van der Waals surface area contributed by atoms with Crippen LogP contribution < -0.4 is 14.8 Å². The molecule has 1 aromatic carbocycles. The first-order valence-corrected chi connectivity index (χ1v) is 11.9. The number of methoxy groups -OCH3 is 2. The van der Waals surface area contributed by atoms with Crippen LogP contribution in [0.4, 0.5) is 0 Å². The van der Waals surface area contributed by atoms with Gasteiger partial charge in [-0.05, 0) is 31.0 Å². The summed E-state index contributed by atoms with van der Waals surface area (Å²) in [6, 6.07) is 6.01. The van der Waals surface area contributed by atoms with Crippen molar-refractivity contribution in [1.82, 2.24) is 10.2 Å². The van der Waals surface area contributed by atoms with Crippen LogP contribution in [0.1, 0.15) is 24.8 Å². The highest BCUT2D eigenvalue weighted by atomic mass is 32.2. The topological polar surface area (TPSA) is 89.5 Å². The number of hydrogen-bond donors (Lipinski definition) is 1. The third-order valence-corrected chi connectivity index (χ3v) is 5.67. The molecule has 0 radical (unpaired) electrons. The van der Waals surface area contributed by atoms with Gasteiger partial charge in [0.2, 0.25) is 0 Å². The van der Waals surface area contributed by atoms with E-state index >= 15 is 0 Å². The van der Waals surface area contributed by atoms with Crippen LogP contribution in [0.3, 0.4) is 0 Å². The lowest BCUT2D eigenvalue weighted by molar-refractivity contribution is 0.157. The maximum Gasteiger partial charge on any atom is 0.194 e. The molecule has 0 aromatic heterocycles. The first-order chi connectivity index (χ1) is 13.9. The van der Waals surface area contributed by atoms with E-state index in [0.29, 0.717) is 19.1 Å². The van der Waals surface area contributed by atoms with E-state index in [0.717, 1.165) is 43.5 Å². The van der Waals surface area contributed by atoms with Crippen LogP contribution >= 0.6 is 0 Å². The molecule has 1 aliphatic rings. The molecule has 1 fully saturated rings. The molecule has 0 aliphatic carbocycles. The second-order valence-corrected chi connectivity index (χ2v) is 9.32. The number of sulfone groups is 1. The van der Waals surface area contributed by atoms with Gasteiger partial charge in [-0.15, -0.1) is 0 Å². The van der Waals surface area contributed by atoms with Gasteiger partial charge in [0.05, 0.1) is 39.7 Å². The minimum absolute atomic E-state index is 0.0363. The number of aliphatic imine (C=N–C) groups is 1. The summed E-state index contributed by atoms with van der Waals surface area (Å²) in [5.41, 5.74) is 1.20. The predicted octanol–water partition coefficient (Wildman–Crippen LogP) is 1.52. The summed E-state index contributed by atoms with van der Waals surface area (Å²) in [7, 11) is 0.329. The van der Waals surface area contributed by atoms with Gasteiger partial charge >= 0.3 is 0 Å². The summed E-state index contributed by atoms with van der Waals surface area (Å²) in [5, 5.41) is 3.33. The molecule has 1 N–H and O–H groups in total. The highest BCUT2D eigenvalue weighted by molar-refractivity contribution is 7.90. The van der Waals surface area contributed by atoms with E-state index in [2.05, 4.69) is 27.3 Å². The normalized spacial score (nSPS) is 17.4. The Bertz CT molecular complexity index is 760. The van der Waals surface area contributed by atoms with Gasteiger partial charge in [-0.2, -0.15) is 0 Å². The van der Waals surface area contributed by atoms with E-state index in [9.17, 15) is 8.42 Å². The largest absolute Gasteiger partial charge is 0.497 e. The van der Waals surface area contributed by atoms with Crippen molar-refractivity contribution in [2.24, 2.45) is 4.99 Å². The van der Waals surface area contributed by atoms with E-state index in [4.69, 9.17) is 14.2 Å². The van der Waals surface area contributed by atoms with Gasteiger partial charge in [-0.25, -0.2) is 8.42 Å². The summed E-state index contributed by atoms with van der Waals surface area (Å²) in [5.74, 6) is 2.86. The zero-order valence-electron chi connectivity index (χ0n) is 17.8. The second-order valence-electron chi connectivity index (χ2n) is 7.06. The molecule has 1 saturated heterocycles. The highest BCUT2D eigenvalue weighted by Gasteiger charge is 2.26.